The van der Waals surface area contributed by atoms with Crippen molar-refractivity contribution in [3.8, 4) is 0 Å². The second kappa shape index (κ2) is 10.2. The molecule has 3 N–H and O–H groups in total. The van der Waals surface area contributed by atoms with Crippen LogP contribution in [0.4, 0.5) is 10.5 Å². The fourth-order valence-corrected chi connectivity index (χ4v) is 3.90. The number of nitrogens with zero attached hydrogens (tertiary/aromatic N) is 4. The van der Waals surface area contributed by atoms with E-state index in [1.54, 1.807) is 4.90 Å². The average molecular weight is 432 g/mol. The van der Waals surface area contributed by atoms with Crippen molar-refractivity contribution in [2.45, 2.75) is 45.8 Å². The lowest BCUT2D eigenvalue weighted by atomic mass is 9.97. The predicted octanol–water partition coefficient (Wildman–Crippen LogP) is 2.26. The minimum Gasteiger partial charge on any atom is -0.444 e. The highest BCUT2D eigenvalue weighted by molar-refractivity contribution is 5.78. The predicted molar refractivity (Wildman–Crippen MR) is 123 cm³/mol. The number of hydrogen-bond donors (Lipinski definition) is 2. The molecule has 0 bridgehead atoms. The fourth-order valence-electron chi connectivity index (χ4n) is 3.90. The van der Waals surface area contributed by atoms with Crippen LogP contribution in [0, 0.1) is 5.92 Å². The van der Waals surface area contributed by atoms with Gasteiger partial charge in [-0.25, -0.2) is 9.79 Å². The summed E-state index contributed by atoms with van der Waals surface area (Å²) in [6.07, 6.45) is 1.81. The molecular formula is C23H37N5O3. The van der Waals surface area contributed by atoms with Crippen molar-refractivity contribution in [2.75, 3.05) is 50.8 Å². The number of hydrogen-bond acceptors (Lipinski definition) is 5. The fraction of sp³-hybridized carbons (Fsp3) is 0.652. The summed E-state index contributed by atoms with van der Waals surface area (Å²) in [6, 6.07) is 8.48. The molecule has 2 heterocycles. The van der Waals surface area contributed by atoms with Gasteiger partial charge in [-0.05, 0) is 57.2 Å². The summed E-state index contributed by atoms with van der Waals surface area (Å²) >= 11 is 0. The molecule has 2 fully saturated rings. The smallest absolute Gasteiger partial charge is 0.410 e. The molecule has 31 heavy (non-hydrogen) atoms. The van der Waals surface area contributed by atoms with Gasteiger partial charge < -0.3 is 30.3 Å². The minimum atomic E-state index is -0.486. The number of aliphatic hydroxyl groups is 1. The number of nitrogens with two attached hydrogens (primary N) is 1. The van der Waals surface area contributed by atoms with Crippen LogP contribution >= 0.6 is 0 Å². The molecule has 8 heteroatoms. The number of carbonyl (C=O) groups excluding carboxylic acids is 1. The first kappa shape index (κ1) is 23.2. The Bertz CT molecular complexity index is 743. The van der Waals surface area contributed by atoms with Crippen LogP contribution in [0.2, 0.25) is 0 Å². The van der Waals surface area contributed by atoms with E-state index < -0.39 is 5.60 Å². The van der Waals surface area contributed by atoms with E-state index in [-0.39, 0.29) is 6.09 Å². The van der Waals surface area contributed by atoms with E-state index in [1.165, 1.54) is 5.69 Å². The zero-order chi connectivity index (χ0) is 22.4. The molecule has 172 valence electrons. The van der Waals surface area contributed by atoms with E-state index in [4.69, 9.17) is 10.5 Å². The quantitative estimate of drug-likeness (QED) is 0.561. The summed E-state index contributed by atoms with van der Waals surface area (Å²) in [5, 5.41) is 9.29. The summed E-state index contributed by atoms with van der Waals surface area (Å²) in [5.74, 6) is 0.956. The number of piperidine rings is 1. The number of aliphatic imine (C=N–C) groups is 1. The molecule has 1 aromatic carbocycles. The summed E-state index contributed by atoms with van der Waals surface area (Å²) in [6.45, 7) is 10.9. The number of carbonyl (C=O) groups is 1. The number of anilines is 1. The van der Waals surface area contributed by atoms with Crippen molar-refractivity contribution < 1.29 is 14.6 Å². The maximum absolute atomic E-state index is 12.2. The topological polar surface area (TPSA) is 94.6 Å². The van der Waals surface area contributed by atoms with Gasteiger partial charge >= 0.3 is 6.09 Å². The van der Waals surface area contributed by atoms with Crippen LogP contribution in [0.25, 0.3) is 0 Å². The van der Waals surface area contributed by atoms with Gasteiger partial charge in [0.2, 0.25) is 0 Å². The molecule has 2 aliphatic heterocycles. The number of benzene rings is 1. The van der Waals surface area contributed by atoms with E-state index in [2.05, 4.69) is 34.2 Å². The van der Waals surface area contributed by atoms with Crippen LogP contribution in [0.5, 0.6) is 0 Å². The second-order valence-electron chi connectivity index (χ2n) is 9.41. The van der Waals surface area contributed by atoms with Gasteiger partial charge in [0.05, 0.1) is 6.54 Å². The molecule has 0 aromatic heterocycles. The van der Waals surface area contributed by atoms with Gasteiger partial charge in [-0.1, -0.05) is 12.1 Å². The number of piperazine rings is 1. The first-order valence-electron chi connectivity index (χ1n) is 11.2. The van der Waals surface area contributed by atoms with Crippen molar-refractivity contribution in [1.29, 1.82) is 0 Å². The maximum atomic E-state index is 12.2. The third-order valence-electron chi connectivity index (χ3n) is 5.85. The number of ether oxygens (including phenoxy) is 1. The number of aliphatic hydroxyl groups excluding tert-OH is 1. The zero-order valence-electron chi connectivity index (χ0n) is 19.1. The standard InChI is InChI=1S/C23H37N5O3/c1-23(2,3)31-22(30)28-14-12-27(13-15-28)21(24)25-16-18-4-6-20(7-5-18)26-10-8-19(17-29)9-11-26/h4-7,19,29H,8-17H2,1-3H3,(H2,24,25). The van der Waals surface area contributed by atoms with Gasteiger partial charge in [-0.15, -0.1) is 0 Å². The molecule has 8 nitrogen and oxygen atoms in total. The van der Waals surface area contributed by atoms with Crippen molar-refractivity contribution in [1.82, 2.24) is 9.80 Å². The summed E-state index contributed by atoms with van der Waals surface area (Å²) < 4.78 is 5.43. The largest absolute Gasteiger partial charge is 0.444 e. The lowest BCUT2D eigenvalue weighted by Crippen LogP contribution is -2.53. The van der Waals surface area contributed by atoms with E-state index >= 15 is 0 Å². The monoisotopic (exact) mass is 431 g/mol. The third-order valence-corrected chi connectivity index (χ3v) is 5.85. The molecule has 2 saturated heterocycles. The van der Waals surface area contributed by atoms with Gasteiger partial charge in [-0.2, -0.15) is 0 Å². The molecule has 1 aromatic rings. The molecular weight excluding hydrogens is 394 g/mol. The minimum absolute atomic E-state index is 0.275. The van der Waals surface area contributed by atoms with Crippen molar-refractivity contribution in [2.24, 2.45) is 16.6 Å². The summed E-state index contributed by atoms with van der Waals surface area (Å²) in [7, 11) is 0. The van der Waals surface area contributed by atoms with Crippen LogP contribution in [0.1, 0.15) is 39.2 Å². The molecule has 0 aliphatic carbocycles. The highest BCUT2D eigenvalue weighted by Gasteiger charge is 2.26. The van der Waals surface area contributed by atoms with Gasteiger partial charge in [-0.3, -0.25) is 0 Å². The number of guanidine groups is 1. The van der Waals surface area contributed by atoms with Crippen molar-refractivity contribution >= 4 is 17.7 Å². The molecule has 0 spiro atoms. The Kier molecular flexibility index (Phi) is 7.64. The Balaban J connectivity index is 1.46. The highest BCUT2D eigenvalue weighted by Crippen LogP contribution is 2.23. The van der Waals surface area contributed by atoms with E-state index in [0.29, 0.717) is 51.2 Å². The Morgan fingerprint density at radius 1 is 1.06 bits per heavy atom. The lowest BCUT2D eigenvalue weighted by Gasteiger charge is -2.36. The van der Waals surface area contributed by atoms with Crippen LogP contribution in [-0.4, -0.2) is 78.4 Å². The Morgan fingerprint density at radius 3 is 2.19 bits per heavy atom. The molecule has 2 aliphatic rings. The number of amides is 1. The maximum Gasteiger partial charge on any atom is 0.410 e. The van der Waals surface area contributed by atoms with Gasteiger partial charge in [0.25, 0.3) is 0 Å². The molecule has 3 rings (SSSR count). The van der Waals surface area contributed by atoms with Gasteiger partial charge in [0, 0.05) is 51.6 Å². The molecule has 0 atom stereocenters. The SMILES string of the molecule is CC(C)(C)OC(=O)N1CCN(C(N)=NCc2ccc(N3CCC(CO)CC3)cc2)CC1. The second-order valence-corrected chi connectivity index (χ2v) is 9.41. The van der Waals surface area contributed by atoms with Crippen LogP contribution in [0.15, 0.2) is 29.3 Å². The first-order chi connectivity index (χ1) is 14.7. The van der Waals surface area contributed by atoms with Crippen LogP contribution in [-0.2, 0) is 11.3 Å². The number of rotatable bonds is 4. The third kappa shape index (κ3) is 6.75. The van der Waals surface area contributed by atoms with Gasteiger partial charge in [0.15, 0.2) is 5.96 Å². The normalized spacial score (nSPS) is 19.0. The summed E-state index contributed by atoms with van der Waals surface area (Å²) in [4.78, 5) is 22.8. The van der Waals surface area contributed by atoms with E-state index in [0.717, 1.165) is 31.5 Å². The molecule has 0 saturated carbocycles. The van der Waals surface area contributed by atoms with E-state index in [1.807, 2.05) is 25.7 Å². The van der Waals surface area contributed by atoms with Crippen LogP contribution in [0.3, 0.4) is 0 Å². The van der Waals surface area contributed by atoms with Crippen LogP contribution < -0.4 is 10.6 Å². The van der Waals surface area contributed by atoms with Crippen molar-refractivity contribution in [3.05, 3.63) is 29.8 Å². The zero-order valence-corrected chi connectivity index (χ0v) is 19.1. The molecule has 0 unspecified atom stereocenters. The molecule has 1 amide bonds. The first-order valence-corrected chi connectivity index (χ1v) is 11.2. The Labute approximate surface area is 185 Å². The van der Waals surface area contributed by atoms with E-state index in [9.17, 15) is 9.90 Å². The lowest BCUT2D eigenvalue weighted by molar-refractivity contribution is 0.0186. The van der Waals surface area contributed by atoms with Gasteiger partial charge in [0.1, 0.15) is 5.60 Å². The average Bonchev–Trinajstić information content (AvgIpc) is 2.77. The summed E-state index contributed by atoms with van der Waals surface area (Å²) in [5.41, 5.74) is 8.05. The highest BCUT2D eigenvalue weighted by atomic mass is 16.6. The Hall–Kier alpha value is -2.48. The molecule has 0 radical (unpaired) electrons. The van der Waals surface area contributed by atoms with Crippen molar-refractivity contribution in [3.63, 3.8) is 0 Å². The Morgan fingerprint density at radius 2 is 1.65 bits per heavy atom.